The van der Waals surface area contributed by atoms with Gasteiger partial charge in [0.2, 0.25) is 5.95 Å². The van der Waals surface area contributed by atoms with E-state index in [0.29, 0.717) is 11.0 Å². The summed E-state index contributed by atoms with van der Waals surface area (Å²) in [5.41, 5.74) is 2.17. The second-order valence-corrected chi connectivity index (χ2v) is 5.65. The molecule has 0 aliphatic heterocycles. The number of aromatic hydroxyl groups is 1. The van der Waals surface area contributed by atoms with Crippen LogP contribution in [0.15, 0.2) is 59.7 Å². The van der Waals surface area contributed by atoms with E-state index in [-0.39, 0.29) is 11.3 Å². The standard InChI is InChI=1S/C19H11FN4O2/c20-16-6-3-12(10-22-16)11-1-4-13(5-2-11)24-8-7-15-17(24)18(25)14(9-21)19(26)23-15/h1-8,10H,(H2,23,25,26). The van der Waals surface area contributed by atoms with Crippen LogP contribution in [-0.2, 0) is 0 Å². The van der Waals surface area contributed by atoms with Gasteiger partial charge < -0.3 is 14.7 Å². The maximum Gasteiger partial charge on any atom is 0.270 e. The van der Waals surface area contributed by atoms with Crippen LogP contribution in [0.4, 0.5) is 4.39 Å². The van der Waals surface area contributed by atoms with Crippen LogP contribution < -0.4 is 5.56 Å². The van der Waals surface area contributed by atoms with E-state index in [1.165, 1.54) is 12.3 Å². The van der Waals surface area contributed by atoms with E-state index in [2.05, 4.69) is 9.97 Å². The summed E-state index contributed by atoms with van der Waals surface area (Å²) < 4.78 is 14.6. The number of hydrogen-bond donors (Lipinski definition) is 2. The Kier molecular flexibility index (Phi) is 3.52. The smallest absolute Gasteiger partial charge is 0.270 e. The number of aromatic nitrogens is 3. The van der Waals surface area contributed by atoms with Crippen molar-refractivity contribution in [3.05, 3.63) is 76.7 Å². The number of halogens is 1. The number of pyridine rings is 2. The average Bonchev–Trinajstić information content (AvgIpc) is 3.07. The average molecular weight is 346 g/mol. The van der Waals surface area contributed by atoms with Gasteiger partial charge in [-0.2, -0.15) is 9.65 Å². The van der Waals surface area contributed by atoms with Gasteiger partial charge in [0, 0.05) is 23.6 Å². The Balaban J connectivity index is 1.82. The summed E-state index contributed by atoms with van der Waals surface area (Å²) in [5.74, 6) is -0.898. The van der Waals surface area contributed by atoms with E-state index in [1.807, 2.05) is 24.3 Å². The largest absolute Gasteiger partial charge is 0.504 e. The van der Waals surface area contributed by atoms with Crippen molar-refractivity contribution in [3.8, 4) is 28.6 Å². The Bertz CT molecular complexity index is 1220. The highest BCUT2D eigenvalue weighted by molar-refractivity contribution is 5.86. The number of H-pyrrole nitrogens is 1. The van der Waals surface area contributed by atoms with Crippen LogP contribution in [0, 0.1) is 17.3 Å². The topological polar surface area (TPSA) is 94.7 Å². The van der Waals surface area contributed by atoms with Gasteiger partial charge in [-0.1, -0.05) is 12.1 Å². The third-order valence-electron chi connectivity index (χ3n) is 4.14. The first-order valence-corrected chi connectivity index (χ1v) is 7.67. The molecule has 1 aromatic carbocycles. The van der Waals surface area contributed by atoms with Gasteiger partial charge in [0.05, 0.1) is 5.52 Å². The van der Waals surface area contributed by atoms with Crippen molar-refractivity contribution in [2.24, 2.45) is 0 Å². The highest BCUT2D eigenvalue weighted by Gasteiger charge is 2.15. The van der Waals surface area contributed by atoms with Crippen LogP contribution >= 0.6 is 0 Å². The molecule has 0 saturated carbocycles. The summed E-state index contributed by atoms with van der Waals surface area (Å²) in [6.07, 6.45) is 3.14. The Morgan fingerprint density at radius 3 is 2.50 bits per heavy atom. The quantitative estimate of drug-likeness (QED) is 0.545. The summed E-state index contributed by atoms with van der Waals surface area (Å²) in [4.78, 5) is 18.0. The predicted octanol–water partition coefficient (Wildman–Crippen LogP) is 3.10. The summed E-state index contributed by atoms with van der Waals surface area (Å²) in [7, 11) is 0. The summed E-state index contributed by atoms with van der Waals surface area (Å²) in [6.45, 7) is 0. The normalized spacial score (nSPS) is 10.8. The molecule has 4 rings (SSSR count). The van der Waals surface area contributed by atoms with Crippen molar-refractivity contribution in [1.29, 1.82) is 5.26 Å². The molecule has 0 fully saturated rings. The third kappa shape index (κ3) is 2.41. The van der Waals surface area contributed by atoms with Gasteiger partial charge in [-0.25, -0.2) is 4.98 Å². The molecule has 26 heavy (non-hydrogen) atoms. The summed E-state index contributed by atoms with van der Waals surface area (Å²) >= 11 is 0. The molecule has 0 atom stereocenters. The predicted molar refractivity (Wildman–Crippen MR) is 93.5 cm³/mol. The lowest BCUT2D eigenvalue weighted by molar-refractivity contribution is 0.476. The molecule has 126 valence electrons. The molecule has 6 nitrogen and oxygen atoms in total. The maximum atomic E-state index is 12.9. The lowest BCUT2D eigenvalue weighted by Gasteiger charge is -2.09. The van der Waals surface area contributed by atoms with Crippen molar-refractivity contribution in [2.45, 2.75) is 0 Å². The zero-order valence-electron chi connectivity index (χ0n) is 13.3. The Morgan fingerprint density at radius 1 is 1.12 bits per heavy atom. The first kappa shape index (κ1) is 15.6. The molecule has 0 radical (unpaired) electrons. The van der Waals surface area contributed by atoms with Crippen molar-refractivity contribution >= 4 is 11.0 Å². The second-order valence-electron chi connectivity index (χ2n) is 5.65. The molecule has 0 spiro atoms. The van der Waals surface area contributed by atoms with E-state index >= 15 is 0 Å². The monoisotopic (exact) mass is 346 g/mol. The van der Waals surface area contributed by atoms with E-state index < -0.39 is 11.5 Å². The molecule has 7 heteroatoms. The van der Waals surface area contributed by atoms with E-state index in [9.17, 15) is 14.3 Å². The number of rotatable bonds is 2. The van der Waals surface area contributed by atoms with Crippen LogP contribution in [-0.4, -0.2) is 19.6 Å². The molecule has 2 N–H and O–H groups in total. The second kappa shape index (κ2) is 5.86. The van der Waals surface area contributed by atoms with Crippen LogP contribution in [0.25, 0.3) is 27.8 Å². The van der Waals surface area contributed by atoms with Crippen LogP contribution in [0.2, 0.25) is 0 Å². The molecule has 0 bridgehead atoms. The Hall–Kier alpha value is -3.92. The zero-order valence-corrected chi connectivity index (χ0v) is 13.3. The minimum atomic E-state index is -0.630. The molecule has 3 aromatic heterocycles. The fraction of sp³-hybridized carbons (Fsp3) is 0. The van der Waals surface area contributed by atoms with Crippen molar-refractivity contribution < 1.29 is 9.50 Å². The Labute approximate surface area is 146 Å². The molecule has 0 saturated heterocycles. The fourth-order valence-electron chi connectivity index (χ4n) is 2.87. The number of aromatic amines is 1. The first-order valence-electron chi connectivity index (χ1n) is 7.67. The van der Waals surface area contributed by atoms with Crippen molar-refractivity contribution in [2.75, 3.05) is 0 Å². The Morgan fingerprint density at radius 2 is 1.85 bits per heavy atom. The van der Waals surface area contributed by atoms with Gasteiger partial charge in [0.1, 0.15) is 11.6 Å². The van der Waals surface area contributed by atoms with Crippen molar-refractivity contribution in [1.82, 2.24) is 14.5 Å². The lowest BCUT2D eigenvalue weighted by atomic mass is 10.1. The molecular weight excluding hydrogens is 335 g/mol. The summed E-state index contributed by atoms with van der Waals surface area (Å²) in [5, 5.41) is 19.4. The lowest BCUT2D eigenvalue weighted by Crippen LogP contribution is -2.10. The van der Waals surface area contributed by atoms with Gasteiger partial charge in [0.25, 0.3) is 5.56 Å². The van der Waals surface area contributed by atoms with Crippen molar-refractivity contribution in [3.63, 3.8) is 0 Å². The van der Waals surface area contributed by atoms with E-state index in [0.717, 1.165) is 16.8 Å². The minimum absolute atomic E-state index is 0.327. The van der Waals surface area contributed by atoms with Crippen LogP contribution in [0.3, 0.4) is 0 Å². The number of nitrogens with zero attached hydrogens (tertiary/aromatic N) is 3. The third-order valence-corrected chi connectivity index (χ3v) is 4.14. The zero-order chi connectivity index (χ0) is 18.3. The van der Waals surface area contributed by atoms with E-state index in [4.69, 9.17) is 5.26 Å². The molecular formula is C19H11FN4O2. The van der Waals surface area contributed by atoms with Crippen LogP contribution in [0.1, 0.15) is 5.56 Å². The van der Waals surface area contributed by atoms with Gasteiger partial charge in [0.15, 0.2) is 11.3 Å². The molecule has 3 heterocycles. The first-order chi connectivity index (χ1) is 12.6. The highest BCUT2D eigenvalue weighted by Crippen LogP contribution is 2.29. The molecule has 0 aliphatic carbocycles. The molecule has 4 aromatic rings. The van der Waals surface area contributed by atoms with Gasteiger partial charge in [-0.3, -0.25) is 4.79 Å². The summed E-state index contributed by atoms with van der Waals surface area (Å²) in [6, 6.07) is 13.6. The highest BCUT2D eigenvalue weighted by atomic mass is 19.1. The molecule has 0 amide bonds. The van der Waals surface area contributed by atoms with Gasteiger partial charge >= 0.3 is 0 Å². The maximum absolute atomic E-state index is 12.9. The van der Waals surface area contributed by atoms with Gasteiger partial charge in [-0.15, -0.1) is 0 Å². The van der Waals surface area contributed by atoms with Crippen LogP contribution in [0.5, 0.6) is 5.75 Å². The van der Waals surface area contributed by atoms with E-state index in [1.54, 1.807) is 29.0 Å². The molecule has 0 aliphatic rings. The minimum Gasteiger partial charge on any atom is -0.504 e. The number of nitriles is 1. The number of fused-ring (bicyclic) bond motifs is 1. The number of nitrogens with one attached hydrogen (secondary N) is 1. The molecule has 0 unspecified atom stereocenters. The number of hydrogen-bond acceptors (Lipinski definition) is 4. The number of benzene rings is 1. The fourth-order valence-corrected chi connectivity index (χ4v) is 2.87. The van der Waals surface area contributed by atoms with Gasteiger partial charge in [-0.05, 0) is 35.9 Å². The SMILES string of the molecule is N#Cc1c(O)c2c(ccn2-c2ccc(-c3ccc(F)nc3)cc2)[nH]c1=O.